The molecule has 4 aromatic rings. The normalized spacial score (nSPS) is 18.6. The maximum absolute atomic E-state index is 13.2. The highest BCUT2D eigenvalue weighted by atomic mass is 16.2. The molecule has 3 heterocycles. The van der Waals surface area contributed by atoms with Crippen LogP contribution >= 0.6 is 0 Å². The van der Waals surface area contributed by atoms with Gasteiger partial charge in [0.2, 0.25) is 0 Å². The van der Waals surface area contributed by atoms with Crippen molar-refractivity contribution in [3.8, 4) is 11.1 Å². The Labute approximate surface area is 229 Å². The highest BCUT2D eigenvalue weighted by molar-refractivity contribution is 5.94. The molecular formula is C33H36N4O2. The van der Waals surface area contributed by atoms with Crippen LogP contribution in [-0.4, -0.2) is 38.8 Å². The van der Waals surface area contributed by atoms with Crippen LogP contribution in [0.3, 0.4) is 0 Å². The molecule has 6 heteroatoms. The van der Waals surface area contributed by atoms with E-state index < -0.39 is 0 Å². The van der Waals surface area contributed by atoms with E-state index in [1.54, 1.807) is 0 Å². The summed E-state index contributed by atoms with van der Waals surface area (Å²) in [5.41, 5.74) is 7.82. The van der Waals surface area contributed by atoms with Gasteiger partial charge < -0.3 is 15.2 Å². The molecule has 2 aromatic carbocycles. The molecule has 1 saturated carbocycles. The molecule has 6 nitrogen and oxygen atoms in total. The van der Waals surface area contributed by atoms with E-state index in [1.165, 1.54) is 27.8 Å². The van der Waals surface area contributed by atoms with Gasteiger partial charge in [0.25, 0.3) is 0 Å². The minimum absolute atomic E-state index is 0.0406. The lowest BCUT2D eigenvalue weighted by Crippen LogP contribution is -2.50. The van der Waals surface area contributed by atoms with Crippen molar-refractivity contribution in [2.75, 3.05) is 6.54 Å². The Balaban J connectivity index is 1.28. The second-order valence-corrected chi connectivity index (χ2v) is 12.0. The fraction of sp³-hybridized carbons (Fsp3) is 0.364. The Bertz CT molecular complexity index is 1530. The van der Waals surface area contributed by atoms with Crippen molar-refractivity contribution < 1.29 is 9.59 Å². The molecule has 0 bridgehead atoms. The van der Waals surface area contributed by atoms with E-state index in [-0.39, 0.29) is 17.5 Å². The van der Waals surface area contributed by atoms with Crippen LogP contribution in [0.1, 0.15) is 61.8 Å². The number of pyridine rings is 1. The fourth-order valence-electron chi connectivity index (χ4n) is 6.06. The van der Waals surface area contributed by atoms with Crippen molar-refractivity contribution in [1.29, 1.82) is 0 Å². The lowest BCUT2D eigenvalue weighted by molar-refractivity contribution is -0.120. The molecule has 2 amide bonds. The van der Waals surface area contributed by atoms with E-state index in [0.717, 1.165) is 29.4 Å². The number of fused-ring (bicyclic) bond motifs is 2. The summed E-state index contributed by atoms with van der Waals surface area (Å²) in [4.78, 5) is 35.9. The summed E-state index contributed by atoms with van der Waals surface area (Å²) in [6.45, 7) is 7.22. The molecule has 1 aliphatic carbocycles. The number of aromatic amines is 1. The minimum atomic E-state index is -0.301. The van der Waals surface area contributed by atoms with Gasteiger partial charge in [0.1, 0.15) is 11.4 Å². The van der Waals surface area contributed by atoms with Gasteiger partial charge in [0.05, 0.1) is 0 Å². The molecule has 1 unspecified atom stereocenters. The smallest absolute Gasteiger partial charge is 0.318 e. The summed E-state index contributed by atoms with van der Waals surface area (Å²) in [7, 11) is 0. The SMILES string of the molecule is CC(C)(C)NC(=O)N1CCc2c(-c3ccnc4[nH]ccc34)ccc(CCC(=O)C3C[C@H]3c3ccccc3)c2C1. The number of Topliss-reactive ketones (excluding diaryl/α,β-unsaturated/α-hetero) is 1. The minimum Gasteiger partial charge on any atom is -0.346 e. The summed E-state index contributed by atoms with van der Waals surface area (Å²) in [5, 5.41) is 4.21. The molecule has 2 N–H and O–H groups in total. The average molecular weight is 521 g/mol. The summed E-state index contributed by atoms with van der Waals surface area (Å²) >= 11 is 0. The second kappa shape index (κ2) is 9.99. The third-order valence-electron chi connectivity index (χ3n) is 8.10. The fourth-order valence-corrected chi connectivity index (χ4v) is 6.06. The quantitative estimate of drug-likeness (QED) is 0.309. The first-order chi connectivity index (χ1) is 18.8. The molecule has 200 valence electrons. The number of urea groups is 1. The zero-order chi connectivity index (χ0) is 27.1. The Morgan fingerprint density at radius 1 is 1.03 bits per heavy atom. The van der Waals surface area contributed by atoms with Crippen molar-refractivity contribution in [3.05, 3.63) is 89.2 Å². The van der Waals surface area contributed by atoms with Crippen molar-refractivity contribution in [3.63, 3.8) is 0 Å². The van der Waals surface area contributed by atoms with Gasteiger partial charge >= 0.3 is 6.03 Å². The van der Waals surface area contributed by atoms with Crippen LogP contribution in [0.2, 0.25) is 0 Å². The summed E-state index contributed by atoms with van der Waals surface area (Å²) in [6.07, 6.45) is 6.73. The second-order valence-electron chi connectivity index (χ2n) is 12.0. The molecule has 1 fully saturated rings. The Morgan fingerprint density at radius 2 is 1.85 bits per heavy atom. The Morgan fingerprint density at radius 3 is 2.64 bits per heavy atom. The number of carbonyl (C=O) groups is 2. The van der Waals surface area contributed by atoms with E-state index in [2.05, 4.69) is 63.8 Å². The maximum atomic E-state index is 13.2. The standard InChI is InChI=1S/C33H36N4O2/c1-33(2,3)36-32(39)37-18-15-25-23(24-13-16-34-31-26(24)14-17-35-31)11-9-22(29(25)20-37)10-12-30(38)28-19-27(28)21-7-5-4-6-8-21/h4-9,11,13-14,16-17,27-28H,10,12,15,18-20H2,1-3H3,(H,34,35)(H,36,39)/t27-,28?/m0/s1. The highest BCUT2D eigenvalue weighted by Gasteiger charge is 2.43. The number of carbonyl (C=O) groups excluding carboxylic acids is 2. The van der Waals surface area contributed by atoms with Crippen LogP contribution in [0.4, 0.5) is 4.79 Å². The molecule has 39 heavy (non-hydrogen) atoms. The number of nitrogens with zero attached hydrogens (tertiary/aromatic N) is 2. The molecule has 6 rings (SSSR count). The van der Waals surface area contributed by atoms with Gasteiger partial charge in [-0.3, -0.25) is 4.79 Å². The maximum Gasteiger partial charge on any atom is 0.318 e. The lowest BCUT2D eigenvalue weighted by Gasteiger charge is -2.34. The highest BCUT2D eigenvalue weighted by Crippen LogP contribution is 2.48. The number of benzene rings is 2. The molecule has 2 aromatic heterocycles. The van der Waals surface area contributed by atoms with Crippen molar-refractivity contribution in [2.45, 2.75) is 64.5 Å². The topological polar surface area (TPSA) is 78.1 Å². The number of hydrogen-bond donors (Lipinski definition) is 2. The van der Waals surface area contributed by atoms with E-state index in [4.69, 9.17) is 0 Å². The zero-order valence-corrected chi connectivity index (χ0v) is 23.0. The van der Waals surface area contributed by atoms with Gasteiger partial charge in [-0.25, -0.2) is 9.78 Å². The summed E-state index contributed by atoms with van der Waals surface area (Å²) in [5.74, 6) is 0.847. The van der Waals surface area contributed by atoms with Crippen LogP contribution in [-0.2, 0) is 24.2 Å². The number of ketones is 1. The van der Waals surface area contributed by atoms with Gasteiger partial charge in [-0.05, 0) is 91.5 Å². The first-order valence-electron chi connectivity index (χ1n) is 14.0. The van der Waals surface area contributed by atoms with Crippen LogP contribution in [0.25, 0.3) is 22.2 Å². The number of amides is 2. The van der Waals surface area contributed by atoms with E-state index >= 15 is 0 Å². The van der Waals surface area contributed by atoms with Gasteiger partial charge in [-0.2, -0.15) is 0 Å². The third kappa shape index (κ3) is 5.20. The molecular weight excluding hydrogens is 484 g/mol. The summed E-state index contributed by atoms with van der Waals surface area (Å²) in [6, 6.07) is 18.9. The molecule has 2 aliphatic rings. The zero-order valence-electron chi connectivity index (χ0n) is 23.0. The number of nitrogens with one attached hydrogen (secondary N) is 2. The molecule has 1 aliphatic heterocycles. The molecule has 0 spiro atoms. The van der Waals surface area contributed by atoms with Gasteiger partial charge in [0.15, 0.2) is 0 Å². The van der Waals surface area contributed by atoms with Crippen molar-refractivity contribution in [2.24, 2.45) is 5.92 Å². The van der Waals surface area contributed by atoms with Crippen LogP contribution in [0.15, 0.2) is 67.0 Å². The Hall–Kier alpha value is -3.93. The number of rotatable bonds is 6. The molecule has 0 radical (unpaired) electrons. The number of aromatic nitrogens is 2. The lowest BCUT2D eigenvalue weighted by atomic mass is 9.85. The number of aryl methyl sites for hydroxylation is 1. The van der Waals surface area contributed by atoms with Crippen LogP contribution < -0.4 is 5.32 Å². The van der Waals surface area contributed by atoms with Crippen molar-refractivity contribution in [1.82, 2.24) is 20.2 Å². The van der Waals surface area contributed by atoms with Gasteiger partial charge in [-0.1, -0.05) is 42.5 Å². The van der Waals surface area contributed by atoms with E-state index in [9.17, 15) is 9.59 Å². The summed E-state index contributed by atoms with van der Waals surface area (Å²) < 4.78 is 0. The monoisotopic (exact) mass is 520 g/mol. The van der Waals surface area contributed by atoms with Crippen molar-refractivity contribution >= 4 is 22.8 Å². The first kappa shape index (κ1) is 25.4. The molecule has 0 saturated heterocycles. The van der Waals surface area contributed by atoms with Gasteiger partial charge in [-0.15, -0.1) is 0 Å². The predicted molar refractivity (Wildman–Crippen MR) is 155 cm³/mol. The molecule has 2 atom stereocenters. The largest absolute Gasteiger partial charge is 0.346 e. The van der Waals surface area contributed by atoms with Crippen LogP contribution in [0.5, 0.6) is 0 Å². The van der Waals surface area contributed by atoms with Gasteiger partial charge in [0, 0.05) is 48.7 Å². The number of H-pyrrole nitrogens is 1. The number of hydrogen-bond acceptors (Lipinski definition) is 3. The predicted octanol–water partition coefficient (Wildman–Crippen LogP) is 6.40. The van der Waals surface area contributed by atoms with E-state index in [0.29, 0.717) is 37.6 Å². The third-order valence-corrected chi connectivity index (χ3v) is 8.10. The van der Waals surface area contributed by atoms with E-state index in [1.807, 2.05) is 44.1 Å². The first-order valence-corrected chi connectivity index (χ1v) is 14.0. The Kier molecular flexibility index (Phi) is 6.49. The van der Waals surface area contributed by atoms with Crippen LogP contribution in [0, 0.1) is 5.92 Å². The average Bonchev–Trinajstić information content (AvgIpc) is 3.59.